The first-order valence-corrected chi connectivity index (χ1v) is 8.47. The highest BCUT2D eigenvalue weighted by atomic mass is 16.4. The van der Waals surface area contributed by atoms with Gasteiger partial charge >= 0.3 is 5.97 Å². The van der Waals surface area contributed by atoms with Crippen molar-refractivity contribution in [3.8, 4) is 34.4 Å². The molecule has 5 nitrogen and oxygen atoms in total. The number of nitrogens with zero attached hydrogens (tertiary/aromatic N) is 3. The molecule has 0 spiro atoms. The second-order valence-electron chi connectivity index (χ2n) is 6.14. The molecule has 0 aliphatic rings. The first-order chi connectivity index (χ1) is 13.0. The molecule has 0 amide bonds. The summed E-state index contributed by atoms with van der Waals surface area (Å²) in [7, 11) is 1.67. The molecule has 132 valence electrons. The van der Waals surface area contributed by atoms with Crippen LogP contribution in [-0.2, 0) is 13.5 Å². The van der Waals surface area contributed by atoms with Crippen LogP contribution < -0.4 is 0 Å². The van der Waals surface area contributed by atoms with E-state index >= 15 is 0 Å². The lowest BCUT2D eigenvalue weighted by Gasteiger charge is -2.07. The van der Waals surface area contributed by atoms with Gasteiger partial charge in [0.05, 0.1) is 17.2 Å². The molecule has 3 aromatic rings. The average Bonchev–Trinajstić information content (AvgIpc) is 2.99. The fraction of sp³-hybridized carbons (Fsp3) is 0.136. The molecular formula is C22H17N3O2. The lowest BCUT2D eigenvalue weighted by molar-refractivity contribution is 0.0687. The number of aromatic carboxylic acids is 1. The number of carboxylic acids is 1. The molecule has 27 heavy (non-hydrogen) atoms. The molecule has 0 fully saturated rings. The van der Waals surface area contributed by atoms with Gasteiger partial charge in [0, 0.05) is 18.3 Å². The van der Waals surface area contributed by atoms with Gasteiger partial charge in [-0.25, -0.2) is 4.79 Å². The first-order valence-electron chi connectivity index (χ1n) is 8.47. The van der Waals surface area contributed by atoms with Crippen molar-refractivity contribution in [2.45, 2.75) is 13.3 Å². The number of carboxylic acid groups (broad SMARTS) is 1. The largest absolute Gasteiger partial charge is 0.477 e. The van der Waals surface area contributed by atoms with Crippen LogP contribution in [0, 0.1) is 22.7 Å². The van der Waals surface area contributed by atoms with Gasteiger partial charge in [-0.2, -0.15) is 10.5 Å². The van der Waals surface area contributed by atoms with Crippen LogP contribution in [0.4, 0.5) is 0 Å². The Morgan fingerprint density at radius 2 is 1.70 bits per heavy atom. The summed E-state index contributed by atoms with van der Waals surface area (Å²) in [6.07, 6.45) is 0.568. The van der Waals surface area contributed by atoms with Gasteiger partial charge < -0.3 is 9.67 Å². The van der Waals surface area contributed by atoms with E-state index in [0.717, 1.165) is 11.1 Å². The van der Waals surface area contributed by atoms with E-state index < -0.39 is 5.97 Å². The Morgan fingerprint density at radius 1 is 1.04 bits per heavy atom. The van der Waals surface area contributed by atoms with E-state index in [1.54, 1.807) is 23.7 Å². The van der Waals surface area contributed by atoms with Gasteiger partial charge in [-0.1, -0.05) is 43.3 Å². The van der Waals surface area contributed by atoms with Crippen molar-refractivity contribution in [3.63, 3.8) is 0 Å². The molecule has 0 atom stereocenters. The minimum atomic E-state index is -1.06. The topological polar surface area (TPSA) is 89.8 Å². The highest BCUT2D eigenvalue weighted by Crippen LogP contribution is 2.34. The summed E-state index contributed by atoms with van der Waals surface area (Å²) < 4.78 is 1.58. The molecule has 3 rings (SSSR count). The summed E-state index contributed by atoms with van der Waals surface area (Å²) in [6.45, 7) is 1.90. The van der Waals surface area contributed by atoms with Gasteiger partial charge in [-0.05, 0) is 35.2 Å². The van der Waals surface area contributed by atoms with Crippen molar-refractivity contribution in [3.05, 3.63) is 71.0 Å². The zero-order valence-corrected chi connectivity index (χ0v) is 15.0. The van der Waals surface area contributed by atoms with Gasteiger partial charge in [-0.15, -0.1) is 0 Å². The summed E-state index contributed by atoms with van der Waals surface area (Å²) >= 11 is 0. The molecule has 2 aromatic carbocycles. The quantitative estimate of drug-likeness (QED) is 0.753. The van der Waals surface area contributed by atoms with Crippen molar-refractivity contribution >= 4 is 5.97 Å². The monoisotopic (exact) mass is 355 g/mol. The maximum Gasteiger partial charge on any atom is 0.353 e. The third-order valence-electron chi connectivity index (χ3n) is 4.66. The average molecular weight is 355 g/mol. The number of hydrogen-bond acceptors (Lipinski definition) is 3. The van der Waals surface area contributed by atoms with E-state index in [-0.39, 0.29) is 5.69 Å². The van der Waals surface area contributed by atoms with Gasteiger partial charge in [0.15, 0.2) is 0 Å². The molecule has 0 aliphatic carbocycles. The molecule has 0 radical (unpaired) electrons. The van der Waals surface area contributed by atoms with Crippen LogP contribution in [0.2, 0.25) is 0 Å². The number of benzene rings is 2. The zero-order valence-electron chi connectivity index (χ0n) is 15.0. The second kappa shape index (κ2) is 7.19. The predicted molar refractivity (Wildman–Crippen MR) is 102 cm³/mol. The van der Waals surface area contributed by atoms with Crippen LogP contribution in [-0.4, -0.2) is 15.6 Å². The van der Waals surface area contributed by atoms with E-state index in [0.29, 0.717) is 34.4 Å². The highest BCUT2D eigenvalue weighted by Gasteiger charge is 2.25. The molecule has 0 saturated heterocycles. The number of hydrogen-bond donors (Lipinski definition) is 1. The van der Waals surface area contributed by atoms with Crippen LogP contribution in [0.15, 0.2) is 48.5 Å². The van der Waals surface area contributed by atoms with Crippen molar-refractivity contribution in [1.82, 2.24) is 4.57 Å². The van der Waals surface area contributed by atoms with E-state index in [2.05, 4.69) is 12.1 Å². The smallest absolute Gasteiger partial charge is 0.353 e. The Morgan fingerprint density at radius 3 is 2.26 bits per heavy atom. The Balaban J connectivity index is 2.15. The minimum Gasteiger partial charge on any atom is -0.477 e. The first kappa shape index (κ1) is 18.0. The standard InChI is InChI=1S/C22H17N3O2/c1-3-19-18(13-24)20(21(22(26)27)25(19)2)16-9-7-15(8-10-16)17-6-4-5-14(11-17)12-23/h4-11H,3H2,1-2H3,(H,26,27). The fourth-order valence-electron chi connectivity index (χ4n) is 3.40. The van der Waals surface area contributed by atoms with Crippen LogP contribution in [0.1, 0.15) is 34.2 Å². The summed E-state index contributed by atoms with van der Waals surface area (Å²) in [5.41, 5.74) is 4.74. The molecule has 1 N–H and O–H groups in total. The van der Waals surface area contributed by atoms with Crippen LogP contribution in [0.25, 0.3) is 22.3 Å². The lowest BCUT2D eigenvalue weighted by Crippen LogP contribution is -2.07. The Labute approximate surface area is 157 Å². The van der Waals surface area contributed by atoms with Gasteiger partial charge in [0.2, 0.25) is 0 Å². The summed E-state index contributed by atoms with van der Waals surface area (Å²) in [6, 6.07) is 18.9. The normalized spacial score (nSPS) is 10.2. The Bertz CT molecular complexity index is 1110. The van der Waals surface area contributed by atoms with Crippen molar-refractivity contribution in [2.24, 2.45) is 7.05 Å². The molecule has 0 unspecified atom stereocenters. The summed E-state index contributed by atoms with van der Waals surface area (Å²) in [4.78, 5) is 11.8. The van der Waals surface area contributed by atoms with Crippen molar-refractivity contribution in [2.75, 3.05) is 0 Å². The fourth-order valence-corrected chi connectivity index (χ4v) is 3.40. The van der Waals surface area contributed by atoms with Crippen LogP contribution >= 0.6 is 0 Å². The number of carbonyl (C=O) groups is 1. The van der Waals surface area contributed by atoms with Gasteiger partial charge in [-0.3, -0.25) is 0 Å². The molecule has 0 saturated carbocycles. The highest BCUT2D eigenvalue weighted by molar-refractivity contribution is 5.97. The second-order valence-corrected chi connectivity index (χ2v) is 6.14. The minimum absolute atomic E-state index is 0.114. The van der Waals surface area contributed by atoms with E-state index in [1.807, 2.05) is 43.3 Å². The predicted octanol–water partition coefficient (Wildman–Crippen LogP) is 4.36. The third kappa shape index (κ3) is 3.07. The van der Waals surface area contributed by atoms with Crippen molar-refractivity contribution in [1.29, 1.82) is 10.5 Å². The maximum absolute atomic E-state index is 11.8. The van der Waals surface area contributed by atoms with Crippen LogP contribution in [0.3, 0.4) is 0 Å². The molecule has 1 heterocycles. The molecular weight excluding hydrogens is 338 g/mol. The molecule has 5 heteroatoms. The molecule has 0 bridgehead atoms. The Hall–Kier alpha value is -3.83. The molecule has 0 aliphatic heterocycles. The van der Waals surface area contributed by atoms with E-state index in [4.69, 9.17) is 5.26 Å². The maximum atomic E-state index is 11.8. The number of aromatic nitrogens is 1. The number of nitriles is 2. The van der Waals surface area contributed by atoms with Gasteiger partial charge in [0.25, 0.3) is 0 Å². The molecule has 1 aromatic heterocycles. The Kier molecular flexibility index (Phi) is 4.79. The van der Waals surface area contributed by atoms with Crippen LogP contribution in [0.5, 0.6) is 0 Å². The van der Waals surface area contributed by atoms with E-state index in [9.17, 15) is 15.2 Å². The van der Waals surface area contributed by atoms with Crippen molar-refractivity contribution < 1.29 is 9.90 Å². The number of rotatable bonds is 4. The van der Waals surface area contributed by atoms with E-state index in [1.165, 1.54) is 0 Å². The zero-order chi connectivity index (χ0) is 19.6. The summed E-state index contributed by atoms with van der Waals surface area (Å²) in [5, 5.41) is 28.3. The SMILES string of the molecule is CCc1c(C#N)c(-c2ccc(-c3cccc(C#N)c3)cc2)c(C(=O)O)n1C. The summed E-state index contributed by atoms with van der Waals surface area (Å²) in [5.74, 6) is -1.06. The lowest BCUT2D eigenvalue weighted by atomic mass is 9.96. The third-order valence-corrected chi connectivity index (χ3v) is 4.66. The van der Waals surface area contributed by atoms with Gasteiger partial charge in [0.1, 0.15) is 11.8 Å².